The van der Waals surface area contributed by atoms with E-state index in [0.717, 1.165) is 24.2 Å². The number of Topliss-reactive ketones (excluding diaryl/α,β-unsaturated/α-hetero) is 2. The highest BCUT2D eigenvalue weighted by atomic mass is 32.2. The molecule has 0 radical (unpaired) electrons. The summed E-state index contributed by atoms with van der Waals surface area (Å²) in [5.41, 5.74) is 1.43. The van der Waals surface area contributed by atoms with Crippen molar-refractivity contribution in [3.8, 4) is 0 Å². The maximum atomic E-state index is 13.1. The molecule has 1 aliphatic rings. The Hall–Kier alpha value is -2.33. The standard InChI is InChI=1S/C22H23NO2S.H2/c1-3-10-15(4-2)23-19-20(24)17-13-8-9-14-18(17)21(25)22(19)26-16-11-6-5-7-12-16;/h5-9,11-15,23H,3-4,10H2,1-2H3;1H. The molecule has 0 aromatic heterocycles. The van der Waals surface area contributed by atoms with E-state index in [1.54, 1.807) is 24.3 Å². The minimum absolute atomic E-state index is 0. The molecular formula is C22H25NO2S. The Morgan fingerprint density at radius 2 is 1.54 bits per heavy atom. The summed E-state index contributed by atoms with van der Waals surface area (Å²) < 4.78 is 0. The van der Waals surface area contributed by atoms with E-state index in [-0.39, 0.29) is 19.0 Å². The highest BCUT2D eigenvalue weighted by Gasteiger charge is 2.33. The molecule has 1 unspecified atom stereocenters. The van der Waals surface area contributed by atoms with E-state index < -0.39 is 0 Å². The van der Waals surface area contributed by atoms with Gasteiger partial charge in [0.2, 0.25) is 11.6 Å². The average Bonchev–Trinajstić information content (AvgIpc) is 2.68. The first-order valence-electron chi connectivity index (χ1n) is 9.07. The predicted octanol–water partition coefficient (Wildman–Crippen LogP) is 5.48. The van der Waals surface area contributed by atoms with Gasteiger partial charge < -0.3 is 5.32 Å². The van der Waals surface area contributed by atoms with Gasteiger partial charge in [0.25, 0.3) is 0 Å². The lowest BCUT2D eigenvalue weighted by molar-refractivity contribution is 0.0973. The fourth-order valence-corrected chi connectivity index (χ4v) is 4.10. The molecule has 3 nitrogen and oxygen atoms in total. The molecule has 136 valence electrons. The van der Waals surface area contributed by atoms with Gasteiger partial charge in [-0.25, -0.2) is 0 Å². The first-order chi connectivity index (χ1) is 12.7. The van der Waals surface area contributed by atoms with Crippen LogP contribution in [-0.2, 0) is 0 Å². The molecule has 1 atom stereocenters. The van der Waals surface area contributed by atoms with Crippen LogP contribution < -0.4 is 5.32 Å². The number of nitrogens with one attached hydrogen (secondary N) is 1. The van der Waals surface area contributed by atoms with Gasteiger partial charge in [-0.3, -0.25) is 9.59 Å². The van der Waals surface area contributed by atoms with Crippen LogP contribution in [0.4, 0.5) is 0 Å². The lowest BCUT2D eigenvalue weighted by Gasteiger charge is -2.25. The fourth-order valence-electron chi connectivity index (χ4n) is 3.12. The monoisotopic (exact) mass is 367 g/mol. The molecule has 1 aliphatic carbocycles. The van der Waals surface area contributed by atoms with Crippen molar-refractivity contribution in [3.05, 3.63) is 76.3 Å². The van der Waals surface area contributed by atoms with Crippen LogP contribution in [-0.4, -0.2) is 17.6 Å². The summed E-state index contributed by atoms with van der Waals surface area (Å²) in [4.78, 5) is 27.7. The molecule has 0 saturated heterocycles. The van der Waals surface area contributed by atoms with Gasteiger partial charge in [0.15, 0.2) is 0 Å². The third kappa shape index (κ3) is 3.75. The van der Waals surface area contributed by atoms with Crippen molar-refractivity contribution in [3.63, 3.8) is 0 Å². The Labute approximate surface area is 160 Å². The number of thioether (sulfide) groups is 1. The van der Waals surface area contributed by atoms with Crippen molar-refractivity contribution in [2.24, 2.45) is 0 Å². The molecule has 0 amide bonds. The van der Waals surface area contributed by atoms with E-state index in [1.807, 2.05) is 30.3 Å². The van der Waals surface area contributed by atoms with Crippen LogP contribution in [0.15, 0.2) is 70.1 Å². The van der Waals surface area contributed by atoms with E-state index in [4.69, 9.17) is 0 Å². The molecule has 3 rings (SSSR count). The number of allylic oxidation sites excluding steroid dienone is 2. The van der Waals surface area contributed by atoms with Crippen molar-refractivity contribution in [2.45, 2.75) is 44.0 Å². The Morgan fingerprint density at radius 1 is 0.923 bits per heavy atom. The fraction of sp³-hybridized carbons (Fsp3) is 0.273. The largest absolute Gasteiger partial charge is 0.378 e. The summed E-state index contributed by atoms with van der Waals surface area (Å²) in [6.07, 6.45) is 2.90. The number of rotatable bonds is 7. The minimum Gasteiger partial charge on any atom is -0.378 e. The van der Waals surface area contributed by atoms with Crippen LogP contribution in [0.2, 0.25) is 0 Å². The SMILES string of the molecule is CCCC(CC)NC1=C(Sc2ccccc2)C(=O)c2ccccc2C1=O.[HH]. The minimum atomic E-state index is -0.0896. The highest BCUT2D eigenvalue weighted by Crippen LogP contribution is 2.36. The van der Waals surface area contributed by atoms with E-state index in [9.17, 15) is 9.59 Å². The molecular weight excluding hydrogens is 342 g/mol. The zero-order valence-electron chi connectivity index (χ0n) is 15.1. The van der Waals surface area contributed by atoms with Crippen molar-refractivity contribution in [2.75, 3.05) is 0 Å². The molecule has 4 heteroatoms. The normalized spacial score (nSPS) is 15.0. The molecule has 0 bridgehead atoms. The number of carbonyl (C=O) groups excluding carboxylic acids is 2. The second-order valence-electron chi connectivity index (χ2n) is 6.36. The smallest absolute Gasteiger partial charge is 0.210 e. The summed E-state index contributed by atoms with van der Waals surface area (Å²) >= 11 is 1.37. The molecule has 0 aliphatic heterocycles. The zero-order valence-corrected chi connectivity index (χ0v) is 15.9. The maximum absolute atomic E-state index is 13.1. The predicted molar refractivity (Wildman–Crippen MR) is 109 cm³/mol. The van der Waals surface area contributed by atoms with Gasteiger partial charge in [-0.15, -0.1) is 0 Å². The van der Waals surface area contributed by atoms with E-state index in [1.165, 1.54) is 11.8 Å². The first-order valence-corrected chi connectivity index (χ1v) is 9.89. The van der Waals surface area contributed by atoms with E-state index in [0.29, 0.717) is 21.7 Å². The topological polar surface area (TPSA) is 46.2 Å². The third-order valence-electron chi connectivity index (χ3n) is 4.52. The Kier molecular flexibility index (Phi) is 5.94. The van der Waals surface area contributed by atoms with Crippen molar-refractivity contribution in [1.29, 1.82) is 0 Å². The molecule has 0 spiro atoms. The number of hydrogen-bond donors (Lipinski definition) is 1. The van der Waals surface area contributed by atoms with Crippen molar-refractivity contribution < 1.29 is 11.0 Å². The summed E-state index contributed by atoms with van der Waals surface area (Å²) in [5.74, 6) is -0.170. The van der Waals surface area contributed by atoms with Crippen LogP contribution in [0.3, 0.4) is 0 Å². The molecule has 0 saturated carbocycles. The molecule has 0 heterocycles. The maximum Gasteiger partial charge on any atom is 0.210 e. The van der Waals surface area contributed by atoms with E-state index in [2.05, 4.69) is 19.2 Å². The molecule has 26 heavy (non-hydrogen) atoms. The second-order valence-corrected chi connectivity index (χ2v) is 7.45. The molecule has 0 fully saturated rings. The molecule has 2 aromatic rings. The highest BCUT2D eigenvalue weighted by molar-refractivity contribution is 8.04. The Balaban J connectivity index is 0.00000261. The van der Waals surface area contributed by atoms with Crippen LogP contribution in [0, 0.1) is 0 Å². The quantitative estimate of drug-likeness (QED) is 0.703. The van der Waals surface area contributed by atoms with Gasteiger partial charge in [0.1, 0.15) is 5.70 Å². The van der Waals surface area contributed by atoms with Gasteiger partial charge in [-0.1, -0.05) is 74.5 Å². The van der Waals surface area contributed by atoms with Gasteiger partial charge in [-0.2, -0.15) is 0 Å². The summed E-state index contributed by atoms with van der Waals surface area (Å²) in [6.45, 7) is 4.22. The lowest BCUT2D eigenvalue weighted by atomic mass is 9.92. The molecule has 2 aromatic carbocycles. The number of benzene rings is 2. The summed E-state index contributed by atoms with van der Waals surface area (Å²) in [5, 5.41) is 3.39. The number of carbonyl (C=O) groups is 2. The second kappa shape index (κ2) is 8.37. The van der Waals surface area contributed by atoms with Crippen LogP contribution in [0.5, 0.6) is 0 Å². The Morgan fingerprint density at radius 3 is 2.15 bits per heavy atom. The first kappa shape index (κ1) is 18.5. The van der Waals surface area contributed by atoms with Gasteiger partial charge in [-0.05, 0) is 25.0 Å². The zero-order chi connectivity index (χ0) is 18.5. The van der Waals surface area contributed by atoms with Gasteiger partial charge in [0.05, 0.1) is 4.91 Å². The van der Waals surface area contributed by atoms with Gasteiger partial charge >= 0.3 is 0 Å². The van der Waals surface area contributed by atoms with Gasteiger partial charge in [0, 0.05) is 23.5 Å². The van der Waals surface area contributed by atoms with Crippen LogP contribution >= 0.6 is 11.8 Å². The number of ketones is 2. The van der Waals surface area contributed by atoms with Crippen LogP contribution in [0.1, 0.15) is 55.3 Å². The third-order valence-corrected chi connectivity index (χ3v) is 5.62. The number of hydrogen-bond acceptors (Lipinski definition) is 4. The lowest BCUT2D eigenvalue weighted by Crippen LogP contribution is -2.36. The summed E-state index contributed by atoms with van der Waals surface area (Å²) in [7, 11) is 0. The van der Waals surface area contributed by atoms with E-state index >= 15 is 0 Å². The summed E-state index contributed by atoms with van der Waals surface area (Å²) in [6, 6.07) is 17.0. The van der Waals surface area contributed by atoms with Crippen LogP contribution in [0.25, 0.3) is 0 Å². The van der Waals surface area contributed by atoms with Crippen molar-refractivity contribution in [1.82, 2.24) is 5.32 Å². The average molecular weight is 368 g/mol. The molecule has 1 N–H and O–H groups in total. The Bertz CT molecular complexity index is 848. The van der Waals surface area contributed by atoms with Crippen molar-refractivity contribution >= 4 is 23.3 Å². The number of fused-ring (bicyclic) bond motifs is 1.